The Morgan fingerprint density at radius 1 is 1.17 bits per heavy atom. The Hall–Kier alpha value is -2.95. The average Bonchev–Trinajstić information content (AvgIpc) is 3.38. The first-order valence-electron chi connectivity index (χ1n) is 7.73. The molecule has 0 aromatic heterocycles. The normalized spacial score (nSPS) is 16.1. The first-order valence-corrected chi connectivity index (χ1v) is 7.73. The van der Waals surface area contributed by atoms with Gasteiger partial charge in [0.15, 0.2) is 0 Å². The number of amides is 1. The second-order valence-electron chi connectivity index (χ2n) is 5.78. The third kappa shape index (κ3) is 3.51. The van der Waals surface area contributed by atoms with Gasteiger partial charge in [-0.25, -0.2) is 4.39 Å². The van der Waals surface area contributed by atoms with Gasteiger partial charge in [0.05, 0.1) is 5.41 Å². The lowest BCUT2D eigenvalue weighted by molar-refractivity contribution is -0.120. The highest BCUT2D eigenvalue weighted by atomic mass is 19.1. The molecule has 0 saturated heterocycles. The van der Waals surface area contributed by atoms with E-state index < -0.39 is 5.41 Å². The fourth-order valence-electron chi connectivity index (χ4n) is 2.57. The molecule has 0 aliphatic heterocycles. The minimum atomic E-state index is -0.518. The van der Waals surface area contributed by atoms with E-state index >= 15 is 0 Å². The van der Waals surface area contributed by atoms with Crippen molar-refractivity contribution < 1.29 is 9.18 Å². The predicted octanol–water partition coefficient (Wildman–Crippen LogP) is 3.37. The van der Waals surface area contributed by atoms with Crippen LogP contribution in [-0.4, -0.2) is 11.7 Å². The lowest BCUT2D eigenvalue weighted by atomic mass is 9.95. The highest BCUT2D eigenvalue weighted by Gasteiger charge is 2.51. The molecule has 3 rings (SSSR count). The lowest BCUT2D eigenvalue weighted by Gasteiger charge is -2.11. The zero-order valence-electron chi connectivity index (χ0n) is 13.1. The molecule has 1 saturated carbocycles. The van der Waals surface area contributed by atoms with Gasteiger partial charge in [-0.15, -0.1) is 0 Å². The summed E-state index contributed by atoms with van der Waals surface area (Å²) in [6.07, 6.45) is 4.60. The first kappa shape index (κ1) is 15.9. The molecule has 0 bridgehead atoms. The molecular formula is C19H18FN3O. The quantitative estimate of drug-likeness (QED) is 0.655. The number of hydrogen-bond acceptors (Lipinski definition) is 2. The molecule has 0 spiro atoms. The molecule has 0 heterocycles. The maximum absolute atomic E-state index is 13.1. The van der Waals surface area contributed by atoms with Crippen LogP contribution in [-0.2, 0) is 10.2 Å². The van der Waals surface area contributed by atoms with Crippen LogP contribution in [0.1, 0.15) is 18.4 Å². The molecule has 4 nitrogen and oxygen atoms in total. The summed E-state index contributed by atoms with van der Waals surface area (Å²) in [4.78, 5) is 16.4. The summed E-state index contributed by atoms with van der Waals surface area (Å²) in [5, 5.41) is 2.88. The van der Waals surface area contributed by atoms with Crippen LogP contribution >= 0.6 is 0 Å². The Kier molecular flexibility index (Phi) is 4.42. The van der Waals surface area contributed by atoms with Gasteiger partial charge < -0.3 is 11.1 Å². The molecule has 5 heteroatoms. The fraction of sp³-hybridized carbons (Fsp3) is 0.158. The van der Waals surface area contributed by atoms with Crippen molar-refractivity contribution in [2.75, 3.05) is 5.32 Å². The van der Waals surface area contributed by atoms with Crippen molar-refractivity contribution in [2.24, 2.45) is 10.7 Å². The van der Waals surface area contributed by atoms with Gasteiger partial charge in [-0.3, -0.25) is 4.79 Å². The van der Waals surface area contributed by atoms with Gasteiger partial charge in [0.2, 0.25) is 0 Å². The van der Waals surface area contributed by atoms with Crippen LogP contribution < -0.4 is 11.1 Å². The van der Waals surface area contributed by atoms with E-state index in [-0.39, 0.29) is 17.6 Å². The minimum Gasteiger partial charge on any atom is -0.384 e. The van der Waals surface area contributed by atoms with E-state index in [2.05, 4.69) is 10.3 Å². The zero-order chi connectivity index (χ0) is 17.0. The van der Waals surface area contributed by atoms with Crippen molar-refractivity contribution in [3.8, 4) is 0 Å². The maximum Gasteiger partial charge on any atom is 0.258 e. The van der Waals surface area contributed by atoms with Crippen LogP contribution in [0.2, 0.25) is 0 Å². The molecule has 24 heavy (non-hydrogen) atoms. The van der Waals surface area contributed by atoms with E-state index in [9.17, 15) is 9.18 Å². The zero-order valence-corrected chi connectivity index (χ0v) is 13.1. The summed E-state index contributed by atoms with van der Waals surface area (Å²) >= 11 is 0. The fourth-order valence-corrected chi connectivity index (χ4v) is 2.57. The molecular weight excluding hydrogens is 305 g/mol. The molecule has 0 radical (unpaired) electrons. The number of rotatable bonds is 5. The summed E-state index contributed by atoms with van der Waals surface area (Å²) in [6, 6.07) is 15.7. The number of nitrogens with two attached hydrogens (primary N) is 1. The smallest absolute Gasteiger partial charge is 0.258 e. The Labute approximate surface area is 139 Å². The van der Waals surface area contributed by atoms with Crippen molar-refractivity contribution in [3.05, 3.63) is 78.3 Å². The van der Waals surface area contributed by atoms with E-state index in [4.69, 9.17) is 5.73 Å². The van der Waals surface area contributed by atoms with Crippen LogP contribution in [0.3, 0.4) is 0 Å². The predicted molar refractivity (Wildman–Crippen MR) is 93.1 cm³/mol. The van der Waals surface area contributed by atoms with E-state index in [1.54, 1.807) is 12.1 Å². The number of carbonyl (C=O) groups excluding carboxylic acids is 1. The molecule has 0 atom stereocenters. The second kappa shape index (κ2) is 6.66. The Balaban J connectivity index is 1.65. The number of anilines is 1. The van der Waals surface area contributed by atoms with Gasteiger partial charge in [0.25, 0.3) is 5.91 Å². The molecule has 1 aliphatic carbocycles. The third-order valence-corrected chi connectivity index (χ3v) is 4.05. The van der Waals surface area contributed by atoms with Gasteiger partial charge >= 0.3 is 0 Å². The first-order chi connectivity index (χ1) is 11.6. The van der Waals surface area contributed by atoms with E-state index in [0.29, 0.717) is 5.69 Å². The minimum absolute atomic E-state index is 0.117. The molecule has 1 amide bonds. The van der Waals surface area contributed by atoms with Crippen LogP contribution in [0.4, 0.5) is 10.1 Å². The third-order valence-electron chi connectivity index (χ3n) is 4.05. The summed E-state index contributed by atoms with van der Waals surface area (Å²) < 4.78 is 13.1. The summed E-state index contributed by atoms with van der Waals surface area (Å²) in [5.41, 5.74) is 6.85. The van der Waals surface area contributed by atoms with Crippen LogP contribution in [0.5, 0.6) is 0 Å². The van der Waals surface area contributed by atoms with Gasteiger partial charge in [0.1, 0.15) is 11.7 Å². The SMILES string of the molecule is NC(/C=C\Nc1cccc(F)c1)=NC(=O)C1(c2ccccc2)CC1. The van der Waals surface area contributed by atoms with Gasteiger partial charge in [0, 0.05) is 11.9 Å². The Morgan fingerprint density at radius 3 is 2.58 bits per heavy atom. The van der Waals surface area contributed by atoms with E-state index in [0.717, 1.165) is 18.4 Å². The van der Waals surface area contributed by atoms with Crippen LogP contribution in [0, 0.1) is 5.82 Å². The van der Waals surface area contributed by atoms with Gasteiger partial charge in [-0.1, -0.05) is 36.4 Å². The van der Waals surface area contributed by atoms with Crippen molar-refractivity contribution >= 4 is 17.4 Å². The molecule has 2 aromatic carbocycles. The number of nitrogens with one attached hydrogen (secondary N) is 1. The number of benzene rings is 2. The van der Waals surface area contributed by atoms with Crippen molar-refractivity contribution in [2.45, 2.75) is 18.3 Å². The summed E-state index contributed by atoms with van der Waals surface area (Å²) in [6.45, 7) is 0. The molecule has 1 fully saturated rings. The van der Waals surface area contributed by atoms with E-state index in [1.165, 1.54) is 24.4 Å². The molecule has 1 aliphatic rings. The molecule has 2 aromatic rings. The number of aliphatic imine (C=N–C) groups is 1. The summed E-state index contributed by atoms with van der Waals surface area (Å²) in [7, 11) is 0. The number of nitrogens with zero attached hydrogens (tertiary/aromatic N) is 1. The van der Waals surface area contributed by atoms with Crippen LogP contribution in [0.25, 0.3) is 0 Å². The molecule has 3 N–H and O–H groups in total. The van der Waals surface area contributed by atoms with Gasteiger partial charge in [-0.2, -0.15) is 4.99 Å². The van der Waals surface area contributed by atoms with Gasteiger partial charge in [-0.05, 0) is 42.7 Å². The Morgan fingerprint density at radius 2 is 1.92 bits per heavy atom. The Bertz CT molecular complexity index is 795. The lowest BCUT2D eigenvalue weighted by Crippen LogP contribution is -2.22. The van der Waals surface area contributed by atoms with E-state index in [1.807, 2.05) is 30.3 Å². The second-order valence-corrected chi connectivity index (χ2v) is 5.78. The molecule has 122 valence electrons. The maximum atomic E-state index is 13.1. The number of amidine groups is 1. The van der Waals surface area contributed by atoms with Crippen molar-refractivity contribution in [1.29, 1.82) is 0 Å². The highest BCUT2D eigenvalue weighted by molar-refractivity contribution is 6.04. The number of hydrogen-bond donors (Lipinski definition) is 2. The monoisotopic (exact) mass is 323 g/mol. The topological polar surface area (TPSA) is 67.5 Å². The standard InChI is InChI=1S/C19H18FN3O/c20-15-7-4-8-16(13-15)22-12-9-17(21)23-18(24)19(10-11-19)14-5-2-1-3-6-14/h1-9,12-13,22H,10-11H2,(H2,21,23,24)/b12-9-. The summed E-state index contributed by atoms with van der Waals surface area (Å²) in [5.74, 6) is -0.434. The highest BCUT2D eigenvalue weighted by Crippen LogP contribution is 2.49. The van der Waals surface area contributed by atoms with Crippen LogP contribution in [0.15, 0.2) is 71.9 Å². The largest absolute Gasteiger partial charge is 0.384 e. The van der Waals surface area contributed by atoms with Crippen molar-refractivity contribution in [1.82, 2.24) is 0 Å². The number of carbonyl (C=O) groups is 1. The number of halogens is 1. The van der Waals surface area contributed by atoms with Crippen molar-refractivity contribution in [3.63, 3.8) is 0 Å². The average molecular weight is 323 g/mol. The molecule has 0 unspecified atom stereocenters.